The van der Waals surface area contributed by atoms with Crippen LogP contribution in [0.15, 0.2) is 60.7 Å². The third kappa shape index (κ3) is 5.34. The lowest BCUT2D eigenvalue weighted by molar-refractivity contribution is 0.0984. The number of aryl methyl sites for hydroxylation is 1. The molecule has 1 aliphatic rings. The number of hydrogen-bond donors (Lipinski definition) is 2. The summed E-state index contributed by atoms with van der Waals surface area (Å²) < 4.78 is 5.44. The number of nitrogens with zero attached hydrogens (tertiary/aromatic N) is 1. The van der Waals surface area contributed by atoms with Crippen LogP contribution in [0, 0.1) is 6.92 Å². The lowest BCUT2D eigenvalue weighted by Gasteiger charge is -2.31. The fourth-order valence-electron chi connectivity index (χ4n) is 4.53. The lowest BCUT2D eigenvalue weighted by atomic mass is 9.95. The van der Waals surface area contributed by atoms with Crippen molar-refractivity contribution in [1.82, 2.24) is 5.32 Å². The van der Waals surface area contributed by atoms with Gasteiger partial charge in [0.05, 0.1) is 17.7 Å². The Labute approximate surface area is 211 Å². The Morgan fingerprint density at radius 1 is 1.03 bits per heavy atom. The molecule has 6 nitrogen and oxygen atoms in total. The quantitative estimate of drug-likeness (QED) is 0.459. The first-order chi connectivity index (χ1) is 16.9. The Bertz CT molecular complexity index is 1240. The zero-order chi connectivity index (χ0) is 24.9. The zero-order valence-corrected chi connectivity index (χ0v) is 21.0. The van der Waals surface area contributed by atoms with Gasteiger partial charge >= 0.3 is 0 Å². The van der Waals surface area contributed by atoms with Gasteiger partial charge in [-0.2, -0.15) is 0 Å². The average molecular weight is 492 g/mol. The maximum atomic E-state index is 13.7. The Morgan fingerprint density at radius 3 is 2.54 bits per heavy atom. The molecule has 0 radical (unpaired) electrons. The summed E-state index contributed by atoms with van der Waals surface area (Å²) in [7, 11) is 3.57. The molecule has 2 amide bonds. The van der Waals surface area contributed by atoms with Crippen molar-refractivity contribution in [1.29, 1.82) is 0 Å². The Balaban J connectivity index is 1.62. The summed E-state index contributed by atoms with van der Waals surface area (Å²) in [5.41, 5.74) is 4.28. The van der Waals surface area contributed by atoms with Crippen molar-refractivity contribution in [3.63, 3.8) is 0 Å². The average Bonchev–Trinajstić information content (AvgIpc) is 2.84. The predicted octanol–water partition coefficient (Wildman–Crippen LogP) is 6.00. The summed E-state index contributed by atoms with van der Waals surface area (Å²) in [4.78, 5) is 28.2. The molecule has 2 N–H and O–H groups in total. The van der Waals surface area contributed by atoms with Crippen LogP contribution in [0.25, 0.3) is 0 Å². The summed E-state index contributed by atoms with van der Waals surface area (Å²) in [6.07, 6.45) is 2.86. The molecule has 0 saturated heterocycles. The van der Waals surface area contributed by atoms with E-state index in [1.54, 1.807) is 36.3 Å². The Hall–Kier alpha value is -3.35. The van der Waals surface area contributed by atoms with Crippen LogP contribution in [-0.2, 0) is 0 Å². The van der Waals surface area contributed by atoms with Crippen molar-refractivity contribution in [2.45, 2.75) is 32.2 Å². The number of carbonyl (C=O) groups excluding carboxylic acids is 2. The largest absolute Gasteiger partial charge is 0.497 e. The van der Waals surface area contributed by atoms with Crippen LogP contribution >= 0.6 is 11.6 Å². The molecule has 4 rings (SSSR count). The summed E-state index contributed by atoms with van der Waals surface area (Å²) in [6, 6.07) is 18.3. The van der Waals surface area contributed by atoms with Crippen LogP contribution in [0.5, 0.6) is 5.75 Å². The van der Waals surface area contributed by atoms with Crippen molar-refractivity contribution >= 4 is 34.8 Å². The van der Waals surface area contributed by atoms with Gasteiger partial charge in [-0.3, -0.25) is 9.59 Å². The molecule has 1 atom stereocenters. The van der Waals surface area contributed by atoms with E-state index in [0.717, 1.165) is 41.8 Å². The van der Waals surface area contributed by atoms with Crippen LogP contribution < -0.4 is 20.3 Å². The first-order valence-corrected chi connectivity index (χ1v) is 12.1. The molecule has 0 saturated carbocycles. The van der Waals surface area contributed by atoms with Gasteiger partial charge in [0.15, 0.2) is 0 Å². The molecular formula is C28H30ClN3O3. The van der Waals surface area contributed by atoms with E-state index in [9.17, 15) is 9.59 Å². The normalized spacial score (nSPS) is 15.5. The molecule has 0 aliphatic carbocycles. The monoisotopic (exact) mass is 491 g/mol. The number of fused-ring (bicyclic) bond motifs is 1. The molecule has 1 unspecified atom stereocenters. The van der Waals surface area contributed by atoms with Gasteiger partial charge in [0, 0.05) is 29.5 Å². The van der Waals surface area contributed by atoms with Crippen molar-refractivity contribution in [2.75, 3.05) is 30.9 Å². The Morgan fingerprint density at radius 2 is 1.83 bits per heavy atom. The summed E-state index contributed by atoms with van der Waals surface area (Å²) >= 11 is 6.58. The topological polar surface area (TPSA) is 70.7 Å². The molecule has 1 heterocycles. The van der Waals surface area contributed by atoms with Gasteiger partial charge in [0.2, 0.25) is 0 Å². The molecule has 0 spiro atoms. The smallest absolute Gasteiger partial charge is 0.259 e. The number of benzene rings is 3. The van der Waals surface area contributed by atoms with E-state index < -0.39 is 0 Å². The summed E-state index contributed by atoms with van der Waals surface area (Å²) in [6.45, 7) is 2.48. The van der Waals surface area contributed by atoms with E-state index in [-0.39, 0.29) is 17.9 Å². The third-order valence-corrected chi connectivity index (χ3v) is 6.78. The lowest BCUT2D eigenvalue weighted by Crippen LogP contribution is -2.35. The highest BCUT2D eigenvalue weighted by atomic mass is 35.5. The van der Waals surface area contributed by atoms with Gasteiger partial charge in [-0.05, 0) is 86.8 Å². The SMILES string of the molecule is CNC1CCCCN(C(=O)c2ccc(NC(=O)c3ccccc3C)cc2Cl)c2ccc(OC)cc21. The maximum Gasteiger partial charge on any atom is 0.259 e. The van der Waals surface area contributed by atoms with Gasteiger partial charge in [-0.1, -0.05) is 29.8 Å². The minimum Gasteiger partial charge on any atom is -0.497 e. The van der Waals surface area contributed by atoms with Crippen LogP contribution in [0.1, 0.15) is 57.1 Å². The number of hydrogen-bond acceptors (Lipinski definition) is 4. The Kier molecular flexibility index (Phi) is 7.73. The van der Waals surface area contributed by atoms with Gasteiger partial charge in [0.25, 0.3) is 11.8 Å². The van der Waals surface area contributed by atoms with E-state index >= 15 is 0 Å². The van der Waals surface area contributed by atoms with Crippen molar-refractivity contribution in [3.8, 4) is 5.75 Å². The molecule has 0 aromatic heterocycles. The predicted molar refractivity (Wildman–Crippen MR) is 141 cm³/mol. The number of carbonyl (C=O) groups is 2. The number of amides is 2. The van der Waals surface area contributed by atoms with E-state index in [0.29, 0.717) is 28.4 Å². The maximum absolute atomic E-state index is 13.7. The van der Waals surface area contributed by atoms with Gasteiger partial charge in [0.1, 0.15) is 5.75 Å². The zero-order valence-electron chi connectivity index (χ0n) is 20.2. The van der Waals surface area contributed by atoms with Crippen molar-refractivity contribution < 1.29 is 14.3 Å². The highest BCUT2D eigenvalue weighted by Gasteiger charge is 2.27. The van der Waals surface area contributed by atoms with Gasteiger partial charge in [-0.25, -0.2) is 0 Å². The van der Waals surface area contributed by atoms with Crippen molar-refractivity contribution in [3.05, 3.63) is 87.9 Å². The first-order valence-electron chi connectivity index (χ1n) is 11.8. The van der Waals surface area contributed by atoms with Crippen LogP contribution in [-0.4, -0.2) is 32.5 Å². The highest BCUT2D eigenvalue weighted by Crippen LogP contribution is 2.36. The van der Waals surface area contributed by atoms with Crippen LogP contribution in [0.3, 0.4) is 0 Å². The molecule has 182 valence electrons. The third-order valence-electron chi connectivity index (χ3n) is 6.47. The minimum atomic E-state index is -0.219. The first kappa shape index (κ1) is 24.8. The molecule has 7 heteroatoms. The second kappa shape index (κ2) is 10.9. The molecule has 1 aliphatic heterocycles. The molecule has 35 heavy (non-hydrogen) atoms. The summed E-state index contributed by atoms with van der Waals surface area (Å²) in [5.74, 6) is 0.363. The van der Waals surface area contributed by atoms with Gasteiger partial charge in [-0.15, -0.1) is 0 Å². The molecule has 3 aromatic rings. The van der Waals surface area contributed by atoms with Crippen LogP contribution in [0.4, 0.5) is 11.4 Å². The van der Waals surface area contributed by atoms with E-state index in [1.165, 1.54) is 0 Å². The van der Waals surface area contributed by atoms with E-state index in [1.807, 2.05) is 50.4 Å². The number of ether oxygens (including phenoxy) is 1. The highest BCUT2D eigenvalue weighted by molar-refractivity contribution is 6.35. The number of halogens is 1. The van der Waals surface area contributed by atoms with E-state index in [4.69, 9.17) is 16.3 Å². The number of nitrogens with one attached hydrogen (secondary N) is 2. The standard InChI is InChI=1S/C28H30ClN3O3/c1-18-8-4-5-9-21(18)27(33)31-19-11-13-22(24(29)16-19)28(34)32-15-7-6-10-25(30-2)23-17-20(35-3)12-14-26(23)32/h4-5,8-9,11-14,16-17,25,30H,6-7,10,15H2,1-3H3,(H,31,33). The van der Waals surface area contributed by atoms with E-state index in [2.05, 4.69) is 10.6 Å². The fourth-order valence-corrected chi connectivity index (χ4v) is 4.79. The second-order valence-electron chi connectivity index (χ2n) is 8.68. The molecule has 3 aromatic carbocycles. The number of rotatable bonds is 5. The molecule has 0 bridgehead atoms. The summed E-state index contributed by atoms with van der Waals surface area (Å²) in [5, 5.41) is 6.54. The molecule has 0 fully saturated rings. The van der Waals surface area contributed by atoms with Crippen molar-refractivity contribution in [2.24, 2.45) is 0 Å². The minimum absolute atomic E-state index is 0.116. The number of anilines is 2. The number of methoxy groups -OCH3 is 1. The van der Waals surface area contributed by atoms with Crippen LogP contribution in [0.2, 0.25) is 5.02 Å². The second-order valence-corrected chi connectivity index (χ2v) is 9.09. The fraction of sp³-hybridized carbons (Fsp3) is 0.286. The molecular weight excluding hydrogens is 462 g/mol. The van der Waals surface area contributed by atoms with Gasteiger partial charge < -0.3 is 20.3 Å².